The molecule has 0 heterocycles. The lowest BCUT2D eigenvalue weighted by atomic mass is 10.0. The van der Waals surface area contributed by atoms with E-state index in [-0.39, 0.29) is 24.9 Å². The van der Waals surface area contributed by atoms with Crippen LogP contribution in [0.25, 0.3) is 0 Å². The molecule has 0 rings (SSSR count). The Balaban J connectivity index is 4.65. The number of nitrogens with one attached hydrogen (secondary N) is 1. The summed E-state index contributed by atoms with van der Waals surface area (Å²) in [6, 6.07) is -0.704. The number of rotatable bonds is 40. The summed E-state index contributed by atoms with van der Waals surface area (Å²) in [5.41, 5.74) is 0. The highest BCUT2D eigenvalue weighted by atomic mass is 16.5. The van der Waals surface area contributed by atoms with E-state index in [0.29, 0.717) is 25.7 Å². The Morgan fingerprint density at radius 3 is 1.46 bits per heavy atom. The van der Waals surface area contributed by atoms with Gasteiger partial charge in [-0.15, -0.1) is 0 Å². The number of aliphatic hydroxyl groups is 2. The molecule has 0 bridgehead atoms. The Hall–Kier alpha value is -1.66. The number of carbonyl (C=O) groups is 2. The largest absolute Gasteiger partial charge is 0.462 e. The molecular weight excluding hydrogens is 647 g/mol. The van der Waals surface area contributed by atoms with E-state index in [9.17, 15) is 19.8 Å². The summed E-state index contributed by atoms with van der Waals surface area (Å²) < 4.78 is 5.86. The molecule has 3 atom stereocenters. The van der Waals surface area contributed by atoms with Gasteiger partial charge in [-0.1, -0.05) is 199 Å². The van der Waals surface area contributed by atoms with Crippen molar-refractivity contribution in [3.63, 3.8) is 0 Å². The number of carbonyl (C=O) groups excluding carboxylic acids is 2. The summed E-state index contributed by atoms with van der Waals surface area (Å²) in [5, 5.41) is 23.5. The van der Waals surface area contributed by atoms with Gasteiger partial charge in [0.2, 0.25) is 5.91 Å². The van der Waals surface area contributed by atoms with Gasteiger partial charge in [-0.05, 0) is 44.9 Å². The van der Waals surface area contributed by atoms with E-state index in [4.69, 9.17) is 4.74 Å². The van der Waals surface area contributed by atoms with Crippen LogP contribution in [0.2, 0.25) is 0 Å². The number of esters is 1. The zero-order valence-electron chi connectivity index (χ0n) is 34.7. The molecule has 3 unspecified atom stereocenters. The van der Waals surface area contributed by atoms with Crippen molar-refractivity contribution in [2.24, 2.45) is 0 Å². The van der Waals surface area contributed by atoms with Gasteiger partial charge in [-0.2, -0.15) is 0 Å². The Labute approximate surface area is 322 Å². The molecule has 0 aliphatic heterocycles. The molecule has 0 aromatic rings. The lowest BCUT2D eigenvalue weighted by Crippen LogP contribution is -2.46. The van der Waals surface area contributed by atoms with Gasteiger partial charge >= 0.3 is 5.97 Å². The van der Waals surface area contributed by atoms with Crippen molar-refractivity contribution in [1.29, 1.82) is 0 Å². The third-order valence-electron chi connectivity index (χ3n) is 10.3. The van der Waals surface area contributed by atoms with Gasteiger partial charge in [-0.3, -0.25) is 9.59 Å². The van der Waals surface area contributed by atoms with Crippen molar-refractivity contribution in [3.8, 4) is 0 Å². The minimum Gasteiger partial charge on any atom is -0.462 e. The van der Waals surface area contributed by atoms with E-state index in [1.165, 1.54) is 128 Å². The Kier molecular flexibility index (Phi) is 39.2. The smallest absolute Gasteiger partial charge is 0.306 e. The van der Waals surface area contributed by atoms with E-state index >= 15 is 0 Å². The second kappa shape index (κ2) is 40.5. The van der Waals surface area contributed by atoms with E-state index in [2.05, 4.69) is 44.3 Å². The van der Waals surface area contributed by atoms with Gasteiger partial charge in [0, 0.05) is 6.42 Å². The molecule has 0 aromatic heterocycles. The molecule has 0 aliphatic rings. The molecule has 0 spiro atoms. The van der Waals surface area contributed by atoms with Crippen molar-refractivity contribution in [2.75, 3.05) is 6.61 Å². The van der Waals surface area contributed by atoms with Gasteiger partial charge in [0.05, 0.1) is 25.2 Å². The first-order valence-electron chi connectivity index (χ1n) is 22.6. The van der Waals surface area contributed by atoms with E-state index in [0.717, 1.165) is 51.4 Å². The maximum atomic E-state index is 13.1. The molecule has 6 nitrogen and oxygen atoms in total. The number of ether oxygens (including phenoxy) is 1. The van der Waals surface area contributed by atoms with Gasteiger partial charge in [0.15, 0.2) is 0 Å². The van der Waals surface area contributed by atoms with Crippen LogP contribution in [-0.4, -0.2) is 46.9 Å². The number of aliphatic hydroxyl groups excluding tert-OH is 2. The third kappa shape index (κ3) is 35.4. The predicted molar refractivity (Wildman–Crippen MR) is 223 cm³/mol. The van der Waals surface area contributed by atoms with Crippen molar-refractivity contribution >= 4 is 11.9 Å². The van der Waals surface area contributed by atoms with E-state index in [1.807, 2.05) is 6.08 Å². The minimum absolute atomic E-state index is 0.0595. The van der Waals surface area contributed by atoms with Crippen LogP contribution >= 0.6 is 0 Å². The summed E-state index contributed by atoms with van der Waals surface area (Å²) in [6.45, 7) is 6.43. The van der Waals surface area contributed by atoms with Crippen LogP contribution in [0.1, 0.15) is 233 Å². The SMILES string of the molecule is CCCCCCCC/C=C\C/C=C/CCC(=O)OC(CCCCCCCCCCCCC)CC(=O)NC(CO)C(O)CCCCCCCCCCC. The summed E-state index contributed by atoms with van der Waals surface area (Å²) in [5.74, 6) is -0.549. The van der Waals surface area contributed by atoms with Crippen LogP contribution in [0.3, 0.4) is 0 Å². The fraction of sp³-hybridized carbons (Fsp3) is 0.870. The normalized spacial score (nSPS) is 13.6. The first-order valence-corrected chi connectivity index (χ1v) is 22.6. The predicted octanol–water partition coefficient (Wildman–Crippen LogP) is 12.8. The topological polar surface area (TPSA) is 95.9 Å². The molecule has 0 aliphatic carbocycles. The van der Waals surface area contributed by atoms with Gasteiger partial charge < -0.3 is 20.3 Å². The van der Waals surface area contributed by atoms with Crippen LogP contribution in [0.5, 0.6) is 0 Å². The number of unbranched alkanes of at least 4 members (excludes halogenated alkanes) is 24. The van der Waals surface area contributed by atoms with Crippen LogP contribution in [0.4, 0.5) is 0 Å². The molecule has 0 radical (unpaired) electrons. The highest BCUT2D eigenvalue weighted by molar-refractivity contribution is 5.77. The van der Waals surface area contributed by atoms with Crippen molar-refractivity contribution in [2.45, 2.75) is 251 Å². The zero-order chi connectivity index (χ0) is 38.2. The van der Waals surface area contributed by atoms with Gasteiger partial charge in [-0.25, -0.2) is 0 Å². The summed E-state index contributed by atoms with van der Waals surface area (Å²) >= 11 is 0. The highest BCUT2D eigenvalue weighted by Gasteiger charge is 2.24. The Morgan fingerprint density at radius 1 is 0.558 bits per heavy atom. The molecule has 0 saturated heterocycles. The van der Waals surface area contributed by atoms with E-state index < -0.39 is 18.2 Å². The molecule has 1 amide bonds. The number of hydrogen-bond acceptors (Lipinski definition) is 5. The average Bonchev–Trinajstić information content (AvgIpc) is 3.13. The average molecular weight is 734 g/mol. The van der Waals surface area contributed by atoms with Crippen LogP contribution < -0.4 is 5.32 Å². The van der Waals surface area contributed by atoms with E-state index in [1.54, 1.807) is 0 Å². The summed E-state index contributed by atoms with van der Waals surface area (Å²) in [6.07, 6.45) is 43.9. The second-order valence-electron chi connectivity index (χ2n) is 15.5. The van der Waals surface area contributed by atoms with Gasteiger partial charge in [0.25, 0.3) is 0 Å². The molecule has 306 valence electrons. The van der Waals surface area contributed by atoms with Crippen molar-refractivity contribution in [1.82, 2.24) is 5.32 Å². The van der Waals surface area contributed by atoms with Crippen LogP contribution in [0.15, 0.2) is 24.3 Å². The Morgan fingerprint density at radius 2 is 0.981 bits per heavy atom. The fourth-order valence-corrected chi connectivity index (χ4v) is 6.84. The lowest BCUT2D eigenvalue weighted by molar-refractivity contribution is -0.150. The number of amides is 1. The number of allylic oxidation sites excluding steroid dienone is 4. The standard InChI is InChI=1S/C46H87NO5/c1-4-7-10-13-16-19-21-22-24-27-30-33-36-39-46(51)52-42(37-34-31-28-26-23-20-17-14-11-8-5-2)40-45(50)47-43(41-48)44(49)38-35-32-29-25-18-15-12-9-6-3/h22,24,30,33,42-44,48-49H,4-21,23,25-29,31-32,34-41H2,1-3H3,(H,47,50)/b24-22-,33-30+. The molecular formula is C46H87NO5. The van der Waals surface area contributed by atoms with Crippen LogP contribution in [-0.2, 0) is 14.3 Å². The molecule has 3 N–H and O–H groups in total. The Bertz CT molecular complexity index is 828. The lowest BCUT2D eigenvalue weighted by Gasteiger charge is -2.24. The second-order valence-corrected chi connectivity index (χ2v) is 15.5. The molecule has 0 aromatic carbocycles. The first-order chi connectivity index (χ1) is 25.5. The maximum absolute atomic E-state index is 13.1. The van der Waals surface area contributed by atoms with Gasteiger partial charge in [0.1, 0.15) is 6.10 Å². The zero-order valence-corrected chi connectivity index (χ0v) is 34.7. The minimum atomic E-state index is -0.789. The quantitative estimate of drug-likeness (QED) is 0.0331. The summed E-state index contributed by atoms with van der Waals surface area (Å²) in [4.78, 5) is 25.9. The molecule has 0 fully saturated rings. The summed E-state index contributed by atoms with van der Waals surface area (Å²) in [7, 11) is 0. The molecule has 52 heavy (non-hydrogen) atoms. The number of hydrogen-bond donors (Lipinski definition) is 3. The third-order valence-corrected chi connectivity index (χ3v) is 10.3. The fourth-order valence-electron chi connectivity index (χ4n) is 6.84. The first kappa shape index (κ1) is 50.3. The molecule has 6 heteroatoms. The van der Waals surface area contributed by atoms with Crippen LogP contribution in [0, 0.1) is 0 Å². The molecule has 0 saturated carbocycles. The van der Waals surface area contributed by atoms with Crippen molar-refractivity contribution in [3.05, 3.63) is 24.3 Å². The monoisotopic (exact) mass is 734 g/mol. The highest BCUT2D eigenvalue weighted by Crippen LogP contribution is 2.17. The van der Waals surface area contributed by atoms with Crippen molar-refractivity contribution < 1.29 is 24.5 Å². The maximum Gasteiger partial charge on any atom is 0.306 e.